The molecule has 0 radical (unpaired) electrons. The summed E-state index contributed by atoms with van der Waals surface area (Å²) in [6, 6.07) is 5.59. The van der Waals surface area contributed by atoms with E-state index in [1.54, 1.807) is 7.11 Å². The number of nitrogens with zero attached hydrogens (tertiary/aromatic N) is 2. The summed E-state index contributed by atoms with van der Waals surface area (Å²) in [5, 5.41) is 12.1. The lowest BCUT2D eigenvalue weighted by Gasteiger charge is -2.50. The third-order valence-corrected chi connectivity index (χ3v) is 6.12. The minimum absolute atomic E-state index is 0.0310. The molecule has 0 amide bonds. The number of nitrogens with two attached hydrogens (primary N) is 2. The average Bonchev–Trinajstić information content (AvgIpc) is 2.68. The molecule has 0 spiro atoms. The van der Waals surface area contributed by atoms with Crippen molar-refractivity contribution in [2.75, 3.05) is 31.7 Å². The first-order chi connectivity index (χ1) is 12.5. The molecule has 5 rings (SSSR count). The second-order valence-electron chi connectivity index (χ2n) is 7.40. The second kappa shape index (κ2) is 6.45. The van der Waals surface area contributed by atoms with Gasteiger partial charge in [0.25, 0.3) is 0 Å². The van der Waals surface area contributed by atoms with Crippen LogP contribution in [0.2, 0.25) is 0 Å². The third kappa shape index (κ3) is 2.61. The van der Waals surface area contributed by atoms with Crippen molar-refractivity contribution in [3.8, 4) is 5.75 Å². The zero-order valence-electron chi connectivity index (χ0n) is 15.1. The number of anilines is 2. The number of pyridine rings is 1. The number of hydrogen-bond acceptors (Lipinski definition) is 6. The number of piperidine rings is 3. The molecule has 5 N–H and O–H groups in total. The SMILES string of the molecule is C=C[C@H]1CN2CCC1C[C@H]2[C@H](O)c1c(N)c(N)nc2ccc(OC)cc12. The predicted octanol–water partition coefficient (Wildman–Crippen LogP) is 2.34. The molecule has 2 bridgehead atoms. The number of ether oxygens (including phenoxy) is 1. The lowest BCUT2D eigenvalue weighted by Crippen LogP contribution is -2.54. The van der Waals surface area contributed by atoms with Gasteiger partial charge < -0.3 is 21.3 Å². The van der Waals surface area contributed by atoms with E-state index in [0.29, 0.717) is 34.4 Å². The van der Waals surface area contributed by atoms with Gasteiger partial charge in [-0.05, 0) is 49.4 Å². The van der Waals surface area contributed by atoms with Gasteiger partial charge in [0.15, 0.2) is 0 Å². The van der Waals surface area contributed by atoms with E-state index in [-0.39, 0.29) is 11.9 Å². The zero-order chi connectivity index (χ0) is 18.4. The Morgan fingerprint density at radius 2 is 2.23 bits per heavy atom. The quantitative estimate of drug-likeness (QED) is 0.729. The van der Waals surface area contributed by atoms with Crippen LogP contribution in [0.3, 0.4) is 0 Å². The molecule has 2 aromatic rings. The first-order valence-corrected chi connectivity index (χ1v) is 9.10. The molecule has 1 aromatic carbocycles. The van der Waals surface area contributed by atoms with Crippen molar-refractivity contribution < 1.29 is 9.84 Å². The monoisotopic (exact) mass is 354 g/mol. The van der Waals surface area contributed by atoms with Crippen LogP contribution in [0.15, 0.2) is 30.9 Å². The van der Waals surface area contributed by atoms with Crippen molar-refractivity contribution in [1.82, 2.24) is 9.88 Å². The molecule has 5 atom stereocenters. The first-order valence-electron chi connectivity index (χ1n) is 9.10. The number of benzene rings is 1. The Labute approximate surface area is 153 Å². The number of methoxy groups -OCH3 is 1. The number of aliphatic hydroxyl groups is 1. The maximum Gasteiger partial charge on any atom is 0.147 e. The van der Waals surface area contributed by atoms with Crippen LogP contribution in [0.5, 0.6) is 5.75 Å². The van der Waals surface area contributed by atoms with Crippen LogP contribution >= 0.6 is 0 Å². The lowest BCUT2D eigenvalue weighted by atomic mass is 9.73. The highest BCUT2D eigenvalue weighted by atomic mass is 16.5. The normalized spacial score (nSPS) is 28.8. The highest BCUT2D eigenvalue weighted by Gasteiger charge is 2.42. The van der Waals surface area contributed by atoms with Crippen LogP contribution < -0.4 is 16.2 Å². The van der Waals surface area contributed by atoms with E-state index in [1.807, 2.05) is 18.2 Å². The molecule has 1 aromatic heterocycles. The topological polar surface area (TPSA) is 97.6 Å². The fourth-order valence-electron chi connectivity index (χ4n) is 4.64. The molecule has 26 heavy (non-hydrogen) atoms. The lowest BCUT2D eigenvalue weighted by molar-refractivity contribution is -0.0442. The molecular formula is C20H26N4O2. The molecule has 3 aliphatic heterocycles. The van der Waals surface area contributed by atoms with Crippen molar-refractivity contribution in [3.05, 3.63) is 36.4 Å². The van der Waals surface area contributed by atoms with Crippen molar-refractivity contribution in [1.29, 1.82) is 0 Å². The Bertz CT molecular complexity index is 853. The van der Waals surface area contributed by atoms with Crippen molar-refractivity contribution in [2.45, 2.75) is 25.0 Å². The number of aliphatic hydroxyl groups excluding tert-OH is 1. The number of nitrogen functional groups attached to an aromatic ring is 2. The molecule has 3 fully saturated rings. The summed E-state index contributed by atoms with van der Waals surface area (Å²) in [6.07, 6.45) is 3.43. The van der Waals surface area contributed by atoms with E-state index in [2.05, 4.69) is 22.5 Å². The summed E-state index contributed by atoms with van der Waals surface area (Å²) in [7, 11) is 1.62. The molecule has 3 saturated heterocycles. The fraction of sp³-hybridized carbons (Fsp3) is 0.450. The minimum Gasteiger partial charge on any atom is -0.497 e. The minimum atomic E-state index is -0.719. The molecule has 138 valence electrons. The van der Waals surface area contributed by atoms with Gasteiger partial charge in [0.05, 0.1) is 24.4 Å². The van der Waals surface area contributed by atoms with Crippen molar-refractivity contribution >= 4 is 22.4 Å². The van der Waals surface area contributed by atoms with Gasteiger partial charge in [-0.1, -0.05) is 6.08 Å². The molecule has 6 heteroatoms. The summed E-state index contributed by atoms with van der Waals surface area (Å²) < 4.78 is 5.35. The molecule has 3 aliphatic rings. The van der Waals surface area contributed by atoms with Gasteiger partial charge in [-0.2, -0.15) is 0 Å². The first kappa shape index (κ1) is 17.1. The summed E-state index contributed by atoms with van der Waals surface area (Å²) in [5.41, 5.74) is 14.1. The summed E-state index contributed by atoms with van der Waals surface area (Å²) in [5.74, 6) is 2.04. The molecule has 6 nitrogen and oxygen atoms in total. The predicted molar refractivity (Wildman–Crippen MR) is 104 cm³/mol. The molecule has 4 heterocycles. The van der Waals surface area contributed by atoms with Crippen LogP contribution in [-0.4, -0.2) is 41.2 Å². The largest absolute Gasteiger partial charge is 0.497 e. The maximum absolute atomic E-state index is 11.3. The molecule has 2 unspecified atom stereocenters. The number of aromatic nitrogens is 1. The van der Waals surface area contributed by atoms with Gasteiger partial charge in [-0.15, -0.1) is 6.58 Å². The number of hydrogen-bond donors (Lipinski definition) is 3. The van der Waals surface area contributed by atoms with Crippen molar-refractivity contribution in [2.24, 2.45) is 11.8 Å². The average molecular weight is 354 g/mol. The maximum atomic E-state index is 11.3. The summed E-state index contributed by atoms with van der Waals surface area (Å²) in [4.78, 5) is 6.73. The van der Waals surface area contributed by atoms with Gasteiger partial charge in [0, 0.05) is 23.5 Å². The number of fused-ring (bicyclic) bond motifs is 4. The smallest absolute Gasteiger partial charge is 0.147 e. The van der Waals surface area contributed by atoms with Gasteiger partial charge in [-0.3, -0.25) is 4.90 Å². The molecule has 0 saturated carbocycles. The second-order valence-corrected chi connectivity index (χ2v) is 7.40. The number of rotatable bonds is 4. The molecule has 0 aliphatic carbocycles. The van der Waals surface area contributed by atoms with E-state index in [4.69, 9.17) is 16.2 Å². The highest BCUT2D eigenvalue weighted by molar-refractivity contribution is 5.91. The van der Waals surface area contributed by atoms with Crippen LogP contribution in [0.1, 0.15) is 24.5 Å². The Balaban J connectivity index is 1.78. The van der Waals surface area contributed by atoms with Gasteiger partial charge in [-0.25, -0.2) is 4.98 Å². The Kier molecular flexibility index (Phi) is 4.25. The van der Waals surface area contributed by atoms with Gasteiger partial charge >= 0.3 is 0 Å². The van der Waals surface area contributed by atoms with Crippen LogP contribution in [-0.2, 0) is 0 Å². The van der Waals surface area contributed by atoms with E-state index in [9.17, 15) is 5.11 Å². The zero-order valence-corrected chi connectivity index (χ0v) is 15.1. The summed E-state index contributed by atoms with van der Waals surface area (Å²) >= 11 is 0. The summed E-state index contributed by atoms with van der Waals surface area (Å²) in [6.45, 7) is 5.91. The Hall–Kier alpha value is -2.31. The van der Waals surface area contributed by atoms with E-state index in [1.165, 1.54) is 0 Å². The van der Waals surface area contributed by atoms with Gasteiger partial charge in [0.2, 0.25) is 0 Å². The molecular weight excluding hydrogens is 328 g/mol. The van der Waals surface area contributed by atoms with Gasteiger partial charge in [0.1, 0.15) is 11.6 Å². The Morgan fingerprint density at radius 3 is 2.88 bits per heavy atom. The van der Waals surface area contributed by atoms with Crippen LogP contribution in [0.4, 0.5) is 11.5 Å². The van der Waals surface area contributed by atoms with E-state index >= 15 is 0 Å². The third-order valence-electron chi connectivity index (χ3n) is 6.12. The Morgan fingerprint density at radius 1 is 1.42 bits per heavy atom. The highest BCUT2D eigenvalue weighted by Crippen LogP contribution is 2.44. The van der Waals surface area contributed by atoms with Crippen LogP contribution in [0.25, 0.3) is 10.9 Å². The van der Waals surface area contributed by atoms with E-state index in [0.717, 1.165) is 31.3 Å². The fourth-order valence-corrected chi connectivity index (χ4v) is 4.64. The van der Waals surface area contributed by atoms with Crippen molar-refractivity contribution in [3.63, 3.8) is 0 Å². The van der Waals surface area contributed by atoms with Crippen LogP contribution in [0, 0.1) is 11.8 Å². The standard InChI is InChI=1S/C20H26N4O2/c1-3-11-10-24-7-6-12(11)8-16(24)19(25)17-14-9-13(26-2)4-5-15(14)23-20(22)18(17)21/h3-5,9,11-12,16,19,25H,1,6-8,10,21H2,2H3,(H2,22,23)/t11-,12?,16-,19-/m0/s1. The van der Waals surface area contributed by atoms with E-state index < -0.39 is 6.10 Å².